The van der Waals surface area contributed by atoms with E-state index >= 15 is 0 Å². The van der Waals surface area contributed by atoms with Gasteiger partial charge in [0, 0.05) is 0 Å². The van der Waals surface area contributed by atoms with Crippen molar-refractivity contribution in [1.29, 1.82) is 0 Å². The van der Waals surface area contributed by atoms with E-state index in [9.17, 15) is 4.57 Å². The third-order valence-electron chi connectivity index (χ3n) is 1.89. The average molecular weight is 237 g/mol. The van der Waals surface area contributed by atoms with Crippen LogP contribution in [0, 0.1) is 0 Å². The minimum atomic E-state index is -3.23. The Morgan fingerprint density at radius 1 is 1.71 bits per heavy atom. The van der Waals surface area contributed by atoms with Crippen LogP contribution in [0.25, 0.3) is 0 Å². The fourth-order valence-corrected chi connectivity index (χ4v) is 3.82. The number of halogens is 1. The molecule has 0 spiro atoms. The van der Waals surface area contributed by atoms with Crippen LogP contribution in [0.5, 0.6) is 0 Å². The van der Waals surface area contributed by atoms with Gasteiger partial charge in [-0.05, 0) is 20.8 Å². The fraction of sp³-hybridized carbons (Fsp3) is 0.556. The predicted molar refractivity (Wildman–Crippen MR) is 57.5 cm³/mol. The van der Waals surface area contributed by atoms with Crippen molar-refractivity contribution < 1.29 is 13.6 Å². The standard InChI is InChI=1S/C9H14ClO3P/c1-5-7-8(10)9(3,4)13-14(7,11)12-6-2/h5H,1,6H2,2-4H3. The molecule has 1 heterocycles. The van der Waals surface area contributed by atoms with Crippen LogP contribution >= 0.6 is 19.2 Å². The van der Waals surface area contributed by atoms with E-state index in [2.05, 4.69) is 6.58 Å². The molecule has 1 rings (SSSR count). The van der Waals surface area contributed by atoms with Gasteiger partial charge in [0.1, 0.15) is 5.60 Å². The zero-order valence-corrected chi connectivity index (χ0v) is 10.2. The molecule has 0 saturated carbocycles. The monoisotopic (exact) mass is 236 g/mol. The minimum absolute atomic E-state index is 0.314. The van der Waals surface area contributed by atoms with Gasteiger partial charge in [-0.15, -0.1) is 0 Å². The van der Waals surface area contributed by atoms with Crippen molar-refractivity contribution in [2.75, 3.05) is 6.61 Å². The van der Waals surface area contributed by atoms with Gasteiger partial charge in [-0.1, -0.05) is 24.3 Å². The van der Waals surface area contributed by atoms with Gasteiger partial charge in [0.05, 0.1) is 17.0 Å². The average Bonchev–Trinajstić information content (AvgIpc) is 2.19. The molecule has 0 fully saturated rings. The second-order valence-electron chi connectivity index (χ2n) is 3.42. The summed E-state index contributed by atoms with van der Waals surface area (Å²) in [5.74, 6) is 0. The van der Waals surface area contributed by atoms with Gasteiger partial charge in [0.25, 0.3) is 0 Å². The summed E-state index contributed by atoms with van der Waals surface area (Å²) in [7, 11) is -3.23. The maximum absolute atomic E-state index is 12.1. The Morgan fingerprint density at radius 3 is 2.71 bits per heavy atom. The van der Waals surface area contributed by atoms with Gasteiger partial charge in [-0.25, -0.2) is 0 Å². The third kappa shape index (κ3) is 1.82. The highest BCUT2D eigenvalue weighted by atomic mass is 35.5. The Kier molecular flexibility index (Phi) is 3.27. The van der Waals surface area contributed by atoms with Crippen LogP contribution < -0.4 is 0 Å². The summed E-state index contributed by atoms with van der Waals surface area (Å²) in [6, 6.07) is 0. The molecule has 0 N–H and O–H groups in total. The second kappa shape index (κ2) is 3.82. The number of hydrogen-bond donors (Lipinski definition) is 0. The summed E-state index contributed by atoms with van der Waals surface area (Å²) in [6.45, 7) is 9.12. The maximum Gasteiger partial charge on any atom is 0.363 e. The molecule has 80 valence electrons. The van der Waals surface area contributed by atoms with Gasteiger partial charge in [-0.3, -0.25) is 9.09 Å². The quantitative estimate of drug-likeness (QED) is 0.702. The highest BCUT2D eigenvalue weighted by Crippen LogP contribution is 2.67. The lowest BCUT2D eigenvalue weighted by molar-refractivity contribution is 0.133. The van der Waals surface area contributed by atoms with E-state index in [1.165, 1.54) is 6.08 Å². The van der Waals surface area contributed by atoms with E-state index in [4.69, 9.17) is 20.6 Å². The zero-order chi connectivity index (χ0) is 11.0. The highest BCUT2D eigenvalue weighted by molar-refractivity contribution is 7.59. The van der Waals surface area contributed by atoms with Gasteiger partial charge < -0.3 is 4.52 Å². The lowest BCUT2D eigenvalue weighted by atomic mass is 10.1. The zero-order valence-electron chi connectivity index (χ0n) is 8.54. The predicted octanol–water partition coefficient (Wildman–Crippen LogP) is 3.66. The van der Waals surface area contributed by atoms with Crippen LogP contribution in [0.15, 0.2) is 23.0 Å². The van der Waals surface area contributed by atoms with Gasteiger partial charge in [0.2, 0.25) is 0 Å². The van der Waals surface area contributed by atoms with Crippen LogP contribution in [0.1, 0.15) is 20.8 Å². The molecule has 1 unspecified atom stereocenters. The second-order valence-corrected chi connectivity index (χ2v) is 5.72. The summed E-state index contributed by atoms with van der Waals surface area (Å²) in [5.41, 5.74) is -0.754. The van der Waals surface area contributed by atoms with Crippen molar-refractivity contribution in [3.05, 3.63) is 23.0 Å². The van der Waals surface area contributed by atoms with Crippen molar-refractivity contribution >= 4 is 19.2 Å². The van der Waals surface area contributed by atoms with E-state index < -0.39 is 13.2 Å². The Morgan fingerprint density at radius 2 is 2.29 bits per heavy atom. The van der Waals surface area contributed by atoms with E-state index in [1.54, 1.807) is 20.8 Å². The topological polar surface area (TPSA) is 35.5 Å². The highest BCUT2D eigenvalue weighted by Gasteiger charge is 2.47. The van der Waals surface area contributed by atoms with Crippen LogP contribution in [-0.2, 0) is 13.6 Å². The smallest absolute Gasteiger partial charge is 0.305 e. The van der Waals surface area contributed by atoms with Gasteiger partial charge in [-0.2, -0.15) is 0 Å². The number of rotatable bonds is 3. The molecule has 0 saturated heterocycles. The lowest BCUT2D eigenvalue weighted by Crippen LogP contribution is -2.18. The SMILES string of the molecule is C=CC1=C(Cl)C(C)(C)OP1(=O)OCC. The first kappa shape index (κ1) is 12.0. The van der Waals surface area contributed by atoms with Gasteiger partial charge >= 0.3 is 7.60 Å². The molecule has 0 aromatic heterocycles. The van der Waals surface area contributed by atoms with E-state index in [0.29, 0.717) is 17.0 Å². The molecular weight excluding hydrogens is 223 g/mol. The normalized spacial score (nSPS) is 30.9. The van der Waals surface area contributed by atoms with E-state index in [1.807, 2.05) is 0 Å². The first-order valence-corrected chi connectivity index (χ1v) is 6.28. The molecule has 0 amide bonds. The summed E-state index contributed by atoms with van der Waals surface area (Å²) in [6.07, 6.45) is 1.44. The first-order valence-electron chi connectivity index (χ1n) is 4.36. The molecule has 1 aliphatic rings. The maximum atomic E-state index is 12.1. The summed E-state index contributed by atoms with van der Waals surface area (Å²) in [4.78, 5) is 0. The van der Waals surface area contributed by atoms with Crippen LogP contribution in [-0.4, -0.2) is 12.2 Å². The molecule has 1 atom stereocenters. The molecule has 14 heavy (non-hydrogen) atoms. The van der Waals surface area contributed by atoms with E-state index in [-0.39, 0.29) is 0 Å². The molecule has 1 aliphatic heterocycles. The summed E-state index contributed by atoms with van der Waals surface area (Å²) >= 11 is 6.02. The largest absolute Gasteiger partial charge is 0.363 e. The van der Waals surface area contributed by atoms with Crippen molar-refractivity contribution in [3.8, 4) is 0 Å². The first-order chi connectivity index (χ1) is 6.37. The van der Waals surface area contributed by atoms with Crippen molar-refractivity contribution in [3.63, 3.8) is 0 Å². The number of allylic oxidation sites excluding steroid dienone is 2. The lowest BCUT2D eigenvalue weighted by Gasteiger charge is -2.19. The number of hydrogen-bond acceptors (Lipinski definition) is 3. The Balaban J connectivity index is 3.18. The van der Waals surface area contributed by atoms with Gasteiger partial charge in [0.15, 0.2) is 0 Å². The summed E-state index contributed by atoms with van der Waals surface area (Å²) < 4.78 is 22.6. The Hall–Kier alpha value is -0.0800. The van der Waals surface area contributed by atoms with Crippen molar-refractivity contribution in [2.45, 2.75) is 26.4 Å². The molecule has 5 heteroatoms. The molecule has 3 nitrogen and oxygen atoms in total. The Labute approximate surface area is 89.3 Å². The van der Waals surface area contributed by atoms with Crippen molar-refractivity contribution in [1.82, 2.24) is 0 Å². The van der Waals surface area contributed by atoms with E-state index in [0.717, 1.165) is 0 Å². The minimum Gasteiger partial charge on any atom is -0.305 e. The van der Waals surface area contributed by atoms with Crippen LogP contribution in [0.2, 0.25) is 0 Å². The molecular formula is C9H14ClO3P. The summed E-state index contributed by atoms with van der Waals surface area (Å²) in [5, 5.41) is 0.787. The molecule has 0 radical (unpaired) electrons. The van der Waals surface area contributed by atoms with Crippen LogP contribution in [0.3, 0.4) is 0 Å². The molecule has 0 bridgehead atoms. The molecule has 0 aromatic rings. The third-order valence-corrected chi connectivity index (χ3v) is 4.97. The molecule has 0 aliphatic carbocycles. The van der Waals surface area contributed by atoms with Crippen LogP contribution in [0.4, 0.5) is 0 Å². The van der Waals surface area contributed by atoms with Crippen molar-refractivity contribution in [2.24, 2.45) is 0 Å². The molecule has 0 aromatic carbocycles. The fourth-order valence-electron chi connectivity index (χ4n) is 1.29. The Bertz CT molecular complexity index is 333.